The zero-order chi connectivity index (χ0) is 24.1. The van der Waals surface area contributed by atoms with Crippen LogP contribution >= 0.6 is 0 Å². The van der Waals surface area contributed by atoms with Gasteiger partial charge in [-0.15, -0.1) is 0 Å². The summed E-state index contributed by atoms with van der Waals surface area (Å²) in [6, 6.07) is 15.8. The van der Waals surface area contributed by atoms with E-state index in [9.17, 15) is 4.79 Å². The summed E-state index contributed by atoms with van der Waals surface area (Å²) < 4.78 is 7.01. The summed E-state index contributed by atoms with van der Waals surface area (Å²) in [5.41, 5.74) is 2.75. The minimum atomic E-state index is -0.245. The van der Waals surface area contributed by atoms with Gasteiger partial charge in [0.1, 0.15) is 5.82 Å². The van der Waals surface area contributed by atoms with Crippen LogP contribution in [0.1, 0.15) is 37.9 Å². The van der Waals surface area contributed by atoms with Crippen molar-refractivity contribution in [2.45, 2.75) is 38.1 Å². The van der Waals surface area contributed by atoms with E-state index in [1.165, 1.54) is 5.56 Å². The lowest BCUT2D eigenvalue weighted by molar-refractivity contribution is 0.159. The molecule has 1 fully saturated rings. The number of aromatic nitrogens is 3. The number of methoxy groups -OCH3 is 1. The van der Waals surface area contributed by atoms with Crippen molar-refractivity contribution in [2.75, 3.05) is 38.7 Å². The lowest BCUT2D eigenvalue weighted by Gasteiger charge is -2.20. The number of likely N-dealkylation sites (tertiary alicyclic amines) is 1. The van der Waals surface area contributed by atoms with Gasteiger partial charge in [-0.1, -0.05) is 51.1 Å². The Balaban J connectivity index is 1.53. The van der Waals surface area contributed by atoms with E-state index in [1.807, 2.05) is 36.4 Å². The number of pyridine rings is 1. The summed E-state index contributed by atoms with van der Waals surface area (Å²) in [5.74, 6) is 0.818. The van der Waals surface area contributed by atoms with E-state index in [1.54, 1.807) is 24.2 Å². The van der Waals surface area contributed by atoms with E-state index < -0.39 is 0 Å². The van der Waals surface area contributed by atoms with Gasteiger partial charge in [-0.3, -0.25) is 15.2 Å². The Kier molecular flexibility index (Phi) is 7.29. The van der Waals surface area contributed by atoms with Gasteiger partial charge in [0.15, 0.2) is 0 Å². The maximum Gasteiger partial charge on any atom is 0.320 e. The molecule has 34 heavy (non-hydrogen) atoms. The van der Waals surface area contributed by atoms with Crippen molar-refractivity contribution in [1.29, 1.82) is 0 Å². The smallest absolute Gasteiger partial charge is 0.320 e. The monoisotopic (exact) mass is 462 g/mol. The van der Waals surface area contributed by atoms with Gasteiger partial charge in [-0.05, 0) is 17.7 Å². The van der Waals surface area contributed by atoms with Crippen LogP contribution in [0.15, 0.2) is 60.9 Å². The van der Waals surface area contributed by atoms with Crippen molar-refractivity contribution in [3.8, 4) is 5.69 Å². The number of carbonyl (C=O) groups excluding carboxylic acids is 1. The highest BCUT2D eigenvalue weighted by Gasteiger charge is 2.34. The molecular weight excluding hydrogens is 428 g/mol. The molecule has 2 aromatic heterocycles. The van der Waals surface area contributed by atoms with Gasteiger partial charge in [0.2, 0.25) is 0 Å². The van der Waals surface area contributed by atoms with Crippen LogP contribution in [-0.4, -0.2) is 65.1 Å². The molecule has 1 aliphatic heterocycles. The minimum Gasteiger partial charge on any atom is -0.383 e. The first-order chi connectivity index (χ1) is 16.3. The second-order valence-electron chi connectivity index (χ2n) is 9.76. The number of anilines is 1. The fourth-order valence-electron chi connectivity index (χ4n) is 4.31. The topological polar surface area (TPSA) is 84.3 Å². The molecule has 2 atom stereocenters. The molecule has 2 amide bonds. The molecule has 8 nitrogen and oxygen atoms in total. The summed E-state index contributed by atoms with van der Waals surface area (Å²) >= 11 is 0. The number of rotatable bonds is 7. The molecule has 0 aliphatic carbocycles. The van der Waals surface area contributed by atoms with Crippen molar-refractivity contribution in [3.63, 3.8) is 0 Å². The quantitative estimate of drug-likeness (QED) is 0.558. The van der Waals surface area contributed by atoms with E-state index in [2.05, 4.69) is 53.4 Å². The lowest BCUT2D eigenvalue weighted by Crippen LogP contribution is -2.42. The molecule has 2 N–H and O–H groups in total. The number of urea groups is 1. The number of hydrogen-bond donors (Lipinski definition) is 2. The average molecular weight is 463 g/mol. The number of nitrogens with zero attached hydrogens (tertiary/aromatic N) is 4. The molecular formula is C26H34N6O2. The van der Waals surface area contributed by atoms with Crippen molar-refractivity contribution in [3.05, 3.63) is 72.2 Å². The van der Waals surface area contributed by atoms with Crippen LogP contribution in [0.2, 0.25) is 0 Å². The van der Waals surface area contributed by atoms with Crippen molar-refractivity contribution < 1.29 is 9.53 Å². The van der Waals surface area contributed by atoms with Gasteiger partial charge in [0.25, 0.3) is 0 Å². The van der Waals surface area contributed by atoms with E-state index in [0.29, 0.717) is 12.4 Å². The van der Waals surface area contributed by atoms with Crippen molar-refractivity contribution >= 4 is 11.8 Å². The molecule has 4 rings (SSSR count). The highest BCUT2D eigenvalue weighted by Crippen LogP contribution is 2.29. The standard InChI is InChI=1S/C26H34N6O2/c1-26(2,3)23-15-24(32(30-23)20-11-8-12-27-16-20)29-25(33)28-22-18-31(13-14-34-4)17-21(22)19-9-6-5-7-10-19/h5-12,15-16,21-22H,13-14,17-18H2,1-4H3,(H2,28,29,33). The van der Waals surface area contributed by atoms with Gasteiger partial charge in [0, 0.05) is 50.3 Å². The van der Waals surface area contributed by atoms with Gasteiger partial charge < -0.3 is 10.1 Å². The van der Waals surface area contributed by atoms with Crippen molar-refractivity contribution in [1.82, 2.24) is 25.0 Å². The third-order valence-corrected chi connectivity index (χ3v) is 6.16. The Labute approximate surface area is 201 Å². The molecule has 8 heteroatoms. The largest absolute Gasteiger partial charge is 0.383 e. The van der Waals surface area contributed by atoms with Gasteiger partial charge >= 0.3 is 6.03 Å². The van der Waals surface area contributed by atoms with Crippen LogP contribution in [0.4, 0.5) is 10.6 Å². The van der Waals surface area contributed by atoms with Gasteiger partial charge in [-0.2, -0.15) is 5.10 Å². The SMILES string of the molecule is COCCN1CC(NC(=O)Nc2cc(C(C)(C)C)nn2-c2cccnc2)C(c2ccccc2)C1. The molecule has 1 aliphatic rings. The second kappa shape index (κ2) is 10.4. The zero-order valence-electron chi connectivity index (χ0n) is 20.4. The Hall–Kier alpha value is -3.23. The number of amides is 2. The molecule has 0 radical (unpaired) electrons. The molecule has 2 unspecified atom stereocenters. The number of nitrogens with one attached hydrogen (secondary N) is 2. The molecule has 0 saturated carbocycles. The Morgan fingerprint density at radius 3 is 2.62 bits per heavy atom. The Bertz CT molecular complexity index is 1080. The first-order valence-electron chi connectivity index (χ1n) is 11.7. The zero-order valence-corrected chi connectivity index (χ0v) is 20.4. The highest BCUT2D eigenvalue weighted by atomic mass is 16.5. The summed E-state index contributed by atoms with van der Waals surface area (Å²) in [6.45, 7) is 9.45. The molecule has 3 aromatic rings. The number of carbonyl (C=O) groups is 1. The van der Waals surface area contributed by atoms with E-state index >= 15 is 0 Å². The Morgan fingerprint density at radius 2 is 1.94 bits per heavy atom. The van der Waals surface area contributed by atoms with Crippen LogP contribution in [0.5, 0.6) is 0 Å². The van der Waals surface area contributed by atoms with Crippen molar-refractivity contribution in [2.24, 2.45) is 0 Å². The summed E-state index contributed by atoms with van der Waals surface area (Å²) in [4.78, 5) is 19.7. The number of hydrogen-bond acceptors (Lipinski definition) is 5. The van der Waals surface area contributed by atoms with Crippen LogP contribution < -0.4 is 10.6 Å². The third-order valence-electron chi connectivity index (χ3n) is 6.16. The number of benzene rings is 1. The first-order valence-corrected chi connectivity index (χ1v) is 11.7. The second-order valence-corrected chi connectivity index (χ2v) is 9.76. The molecule has 1 aromatic carbocycles. The molecule has 0 spiro atoms. The summed E-state index contributed by atoms with van der Waals surface area (Å²) in [5, 5.41) is 11.0. The molecule has 3 heterocycles. The lowest BCUT2D eigenvalue weighted by atomic mass is 9.92. The van der Waals surface area contributed by atoms with Crippen LogP contribution in [0.3, 0.4) is 0 Å². The normalized spacial score (nSPS) is 18.7. The first kappa shape index (κ1) is 23.9. The van der Waals surface area contributed by atoms with E-state index in [0.717, 1.165) is 31.0 Å². The molecule has 180 valence electrons. The minimum absolute atomic E-state index is 0.0175. The maximum atomic E-state index is 13.2. The van der Waals surface area contributed by atoms with Crippen LogP contribution in [0.25, 0.3) is 5.69 Å². The average Bonchev–Trinajstić information content (AvgIpc) is 3.43. The van der Waals surface area contributed by atoms with E-state index in [-0.39, 0.29) is 23.4 Å². The van der Waals surface area contributed by atoms with Gasteiger partial charge in [-0.25, -0.2) is 9.48 Å². The predicted molar refractivity (Wildman–Crippen MR) is 134 cm³/mol. The summed E-state index contributed by atoms with van der Waals surface area (Å²) in [7, 11) is 1.71. The Morgan fingerprint density at radius 1 is 1.15 bits per heavy atom. The fraction of sp³-hybridized carbons (Fsp3) is 0.423. The highest BCUT2D eigenvalue weighted by molar-refractivity contribution is 5.89. The third kappa shape index (κ3) is 5.63. The molecule has 0 bridgehead atoms. The summed E-state index contributed by atoms with van der Waals surface area (Å²) in [6.07, 6.45) is 3.45. The van der Waals surface area contributed by atoms with E-state index in [4.69, 9.17) is 9.84 Å². The van der Waals surface area contributed by atoms with Gasteiger partial charge in [0.05, 0.1) is 30.2 Å². The van der Waals surface area contributed by atoms with Crippen LogP contribution in [0, 0.1) is 0 Å². The molecule has 1 saturated heterocycles. The fourth-order valence-corrected chi connectivity index (χ4v) is 4.31. The predicted octanol–water partition coefficient (Wildman–Crippen LogP) is 3.80. The number of ether oxygens (including phenoxy) is 1. The van der Waals surface area contributed by atoms with Crippen LogP contribution in [-0.2, 0) is 10.2 Å². The maximum absolute atomic E-state index is 13.2.